The Hall–Kier alpha value is -0.660. The van der Waals surface area contributed by atoms with E-state index in [9.17, 15) is 9.00 Å². The molecule has 8 heteroatoms. The average Bonchev–Trinajstić information content (AvgIpc) is 2.35. The average molecular weight is 378 g/mol. The van der Waals surface area contributed by atoms with Gasteiger partial charge < -0.3 is 0 Å². The number of rotatable bonds is 3. The van der Waals surface area contributed by atoms with Crippen molar-refractivity contribution in [1.29, 1.82) is 0 Å². The van der Waals surface area contributed by atoms with E-state index in [4.69, 9.17) is 11.6 Å². The van der Waals surface area contributed by atoms with Crippen LogP contribution in [0.3, 0.4) is 0 Å². The van der Waals surface area contributed by atoms with E-state index in [1.807, 2.05) is 27.0 Å². The smallest absolute Gasteiger partial charge is 0.259 e. The monoisotopic (exact) mass is 377 g/mol. The van der Waals surface area contributed by atoms with Gasteiger partial charge in [0.15, 0.2) is 5.16 Å². The first kappa shape index (κ1) is 20.4. The fraction of sp³-hybridized carbons (Fsp3) is 0.667. The summed E-state index contributed by atoms with van der Waals surface area (Å²) in [4.78, 5) is 20.7. The number of hydrogen-bond acceptors (Lipinski definition) is 5. The molecule has 0 saturated carbocycles. The van der Waals surface area contributed by atoms with Crippen molar-refractivity contribution in [1.82, 2.24) is 9.97 Å². The third-order valence-corrected chi connectivity index (χ3v) is 6.89. The molecule has 0 aliphatic rings. The van der Waals surface area contributed by atoms with Crippen LogP contribution in [0.4, 0.5) is 0 Å². The van der Waals surface area contributed by atoms with Gasteiger partial charge in [-0.3, -0.25) is 4.79 Å². The van der Waals surface area contributed by atoms with Crippen molar-refractivity contribution in [2.24, 2.45) is 9.78 Å². The number of nitrogens with zero attached hydrogens (tertiary/aromatic N) is 3. The van der Waals surface area contributed by atoms with Gasteiger partial charge in [-0.2, -0.15) is 4.36 Å². The number of halogens is 1. The largest absolute Gasteiger partial charge is 0.271 e. The summed E-state index contributed by atoms with van der Waals surface area (Å²) in [5.74, 6) is -0.309. The zero-order valence-corrected chi connectivity index (χ0v) is 17.0. The van der Waals surface area contributed by atoms with Gasteiger partial charge in [-0.25, -0.2) is 14.2 Å². The van der Waals surface area contributed by atoms with Crippen LogP contribution in [0.1, 0.15) is 47.2 Å². The maximum absolute atomic E-state index is 13.4. The van der Waals surface area contributed by atoms with E-state index in [0.29, 0.717) is 10.9 Å². The zero-order chi connectivity index (χ0) is 18.1. The fourth-order valence-corrected chi connectivity index (χ4v) is 3.98. The second-order valence-corrected chi connectivity index (χ2v) is 11.3. The molecule has 0 spiro atoms. The van der Waals surface area contributed by atoms with Crippen molar-refractivity contribution in [2.45, 2.75) is 57.2 Å². The molecule has 1 aromatic rings. The van der Waals surface area contributed by atoms with Crippen molar-refractivity contribution in [3.8, 4) is 0 Å². The summed E-state index contributed by atoms with van der Waals surface area (Å²) in [5, 5.41) is 0.794. The van der Waals surface area contributed by atoms with Gasteiger partial charge in [0, 0.05) is 10.2 Å². The number of carbonyl (C=O) groups is 1. The summed E-state index contributed by atoms with van der Waals surface area (Å²) in [7, 11) is -2.87. The number of hydrogen-bond donors (Lipinski definition) is 0. The molecule has 130 valence electrons. The van der Waals surface area contributed by atoms with Crippen molar-refractivity contribution < 1.29 is 9.00 Å². The van der Waals surface area contributed by atoms with E-state index in [1.165, 1.54) is 11.8 Å². The van der Waals surface area contributed by atoms with Crippen molar-refractivity contribution >= 4 is 39.0 Å². The van der Waals surface area contributed by atoms with Gasteiger partial charge in [-0.1, -0.05) is 44.1 Å². The van der Waals surface area contributed by atoms with E-state index in [1.54, 1.807) is 26.8 Å². The van der Waals surface area contributed by atoms with Crippen LogP contribution in [0.15, 0.2) is 15.6 Å². The Kier molecular flexibility index (Phi) is 6.27. The Morgan fingerprint density at radius 2 is 1.83 bits per heavy atom. The quantitative estimate of drug-likeness (QED) is 0.448. The van der Waals surface area contributed by atoms with Crippen LogP contribution in [-0.2, 0) is 20.3 Å². The lowest BCUT2D eigenvalue weighted by molar-refractivity contribution is -0.124. The minimum Gasteiger partial charge on any atom is -0.271 e. The highest BCUT2D eigenvalue weighted by Crippen LogP contribution is 2.27. The molecule has 0 aliphatic heterocycles. The SMILES string of the molecule is CSc1nc(Cl)cc(C[S@](=O)(=NC(=O)C(C)(C)C)C(C)(C)C)n1. The Bertz CT molecular complexity index is 712. The Labute approximate surface area is 148 Å². The lowest BCUT2D eigenvalue weighted by Gasteiger charge is -2.25. The van der Waals surface area contributed by atoms with Crippen molar-refractivity contribution in [3.63, 3.8) is 0 Å². The van der Waals surface area contributed by atoms with Crippen LogP contribution in [0, 0.1) is 5.41 Å². The van der Waals surface area contributed by atoms with Crippen LogP contribution in [0.25, 0.3) is 0 Å². The summed E-state index contributed by atoms with van der Waals surface area (Å²) in [6.07, 6.45) is 1.84. The molecule has 1 aromatic heterocycles. The minimum absolute atomic E-state index is 0.0636. The maximum Gasteiger partial charge on any atom is 0.259 e. The van der Waals surface area contributed by atoms with E-state index in [-0.39, 0.29) is 16.8 Å². The lowest BCUT2D eigenvalue weighted by atomic mass is 9.96. The first-order valence-electron chi connectivity index (χ1n) is 7.15. The number of thioether (sulfide) groups is 1. The van der Waals surface area contributed by atoms with E-state index in [0.717, 1.165) is 0 Å². The van der Waals surface area contributed by atoms with Crippen LogP contribution in [0.5, 0.6) is 0 Å². The third kappa shape index (κ3) is 5.43. The highest BCUT2D eigenvalue weighted by molar-refractivity contribution is 7.98. The highest BCUT2D eigenvalue weighted by Gasteiger charge is 2.32. The van der Waals surface area contributed by atoms with E-state index >= 15 is 0 Å². The molecule has 23 heavy (non-hydrogen) atoms. The molecule has 0 N–H and O–H groups in total. The molecule has 1 heterocycles. The van der Waals surface area contributed by atoms with Gasteiger partial charge in [0.2, 0.25) is 0 Å². The molecular formula is C15H24ClN3O2S2. The standard InChI is InChI=1S/C15H24ClN3O2S2/c1-14(2,3)12(20)19-23(21,15(4,5)6)9-10-8-11(16)18-13(17-10)22-7/h8H,9H2,1-7H3/t23-/m1/s1. The van der Waals surface area contributed by atoms with Gasteiger partial charge in [-0.05, 0) is 33.1 Å². The summed E-state index contributed by atoms with van der Waals surface area (Å²) in [6, 6.07) is 1.57. The van der Waals surface area contributed by atoms with E-state index in [2.05, 4.69) is 14.3 Å². The molecule has 5 nitrogen and oxygen atoms in total. The third-order valence-electron chi connectivity index (χ3n) is 3.08. The second-order valence-electron chi connectivity index (χ2n) is 7.21. The molecule has 0 bridgehead atoms. The summed E-state index contributed by atoms with van der Waals surface area (Å²) in [5.41, 5.74) is -0.151. The minimum atomic E-state index is -2.87. The molecule has 0 radical (unpaired) electrons. The van der Waals surface area contributed by atoms with Crippen molar-refractivity contribution in [2.75, 3.05) is 6.26 Å². The Balaban J connectivity index is 3.41. The lowest BCUT2D eigenvalue weighted by Crippen LogP contribution is -2.32. The molecule has 0 saturated heterocycles. The molecule has 0 aliphatic carbocycles. The fourth-order valence-electron chi connectivity index (χ4n) is 1.46. The van der Waals surface area contributed by atoms with Gasteiger partial charge >= 0.3 is 0 Å². The Morgan fingerprint density at radius 1 is 1.26 bits per heavy atom. The molecule has 1 rings (SSSR count). The summed E-state index contributed by atoms with van der Waals surface area (Å²) in [6.45, 7) is 10.7. The maximum atomic E-state index is 13.4. The van der Waals surface area contributed by atoms with Crippen LogP contribution in [0.2, 0.25) is 5.15 Å². The molecule has 1 amide bonds. The Morgan fingerprint density at radius 3 is 2.26 bits per heavy atom. The van der Waals surface area contributed by atoms with Crippen molar-refractivity contribution in [3.05, 3.63) is 16.9 Å². The van der Waals surface area contributed by atoms with Crippen LogP contribution in [-0.4, -0.2) is 31.1 Å². The number of carbonyl (C=O) groups excluding carboxylic acids is 1. The second kappa shape index (κ2) is 7.07. The van der Waals surface area contributed by atoms with Crippen LogP contribution < -0.4 is 0 Å². The molecule has 1 atom stereocenters. The number of aromatic nitrogens is 2. The summed E-state index contributed by atoms with van der Waals surface area (Å²) < 4.78 is 16.9. The molecule has 0 fully saturated rings. The highest BCUT2D eigenvalue weighted by atomic mass is 35.5. The van der Waals surface area contributed by atoms with Gasteiger partial charge in [-0.15, -0.1) is 0 Å². The van der Waals surface area contributed by atoms with Gasteiger partial charge in [0.25, 0.3) is 5.91 Å². The predicted molar refractivity (Wildman–Crippen MR) is 97.3 cm³/mol. The first-order valence-corrected chi connectivity index (χ1v) is 10.4. The summed E-state index contributed by atoms with van der Waals surface area (Å²) >= 11 is 7.35. The van der Waals surface area contributed by atoms with Gasteiger partial charge in [0.05, 0.1) is 21.2 Å². The predicted octanol–water partition coefficient (Wildman–Crippen LogP) is 4.19. The normalized spacial score (nSPS) is 15.1. The van der Waals surface area contributed by atoms with Crippen LogP contribution >= 0.6 is 23.4 Å². The van der Waals surface area contributed by atoms with E-state index < -0.39 is 19.9 Å². The first-order chi connectivity index (χ1) is 10.3. The van der Waals surface area contributed by atoms with Gasteiger partial charge in [0.1, 0.15) is 5.15 Å². The molecule has 0 aromatic carbocycles. The number of amides is 1. The molecule has 0 unspecified atom stereocenters. The zero-order valence-electron chi connectivity index (χ0n) is 14.6. The topological polar surface area (TPSA) is 72.3 Å². The molecular weight excluding hydrogens is 354 g/mol.